The van der Waals surface area contributed by atoms with Crippen LogP contribution in [0.2, 0.25) is 0 Å². The highest BCUT2D eigenvalue weighted by Crippen LogP contribution is 2.30. The Hall–Kier alpha value is -1.94. The van der Waals surface area contributed by atoms with Crippen LogP contribution in [0.1, 0.15) is 30.5 Å². The maximum absolute atomic E-state index is 14.1. The lowest BCUT2D eigenvalue weighted by Crippen LogP contribution is -2.24. The molecule has 1 N–H and O–H groups in total. The van der Waals surface area contributed by atoms with Crippen molar-refractivity contribution in [1.82, 2.24) is 10.3 Å². The van der Waals surface area contributed by atoms with Gasteiger partial charge in [-0.3, -0.25) is 4.98 Å². The number of ether oxygens (including phenoxy) is 1. The summed E-state index contributed by atoms with van der Waals surface area (Å²) >= 11 is 0. The lowest BCUT2D eigenvalue weighted by atomic mass is 9.98. The molecule has 0 saturated heterocycles. The van der Waals surface area contributed by atoms with E-state index in [0.717, 1.165) is 18.5 Å². The second kappa shape index (κ2) is 7.01. The molecular weight excluding hydrogens is 255 g/mol. The van der Waals surface area contributed by atoms with Crippen molar-refractivity contribution < 1.29 is 9.13 Å². The van der Waals surface area contributed by atoms with Crippen LogP contribution in [0.15, 0.2) is 42.7 Å². The van der Waals surface area contributed by atoms with Gasteiger partial charge in [0.1, 0.15) is 11.6 Å². The van der Waals surface area contributed by atoms with Crippen molar-refractivity contribution >= 4 is 0 Å². The number of benzene rings is 1. The van der Waals surface area contributed by atoms with E-state index >= 15 is 0 Å². The molecule has 0 bridgehead atoms. The molecule has 106 valence electrons. The zero-order valence-corrected chi connectivity index (χ0v) is 11.8. The summed E-state index contributed by atoms with van der Waals surface area (Å²) in [5, 5.41) is 3.37. The van der Waals surface area contributed by atoms with E-state index < -0.39 is 0 Å². The summed E-state index contributed by atoms with van der Waals surface area (Å²) in [6, 6.07) is 8.42. The van der Waals surface area contributed by atoms with E-state index in [2.05, 4.69) is 17.2 Å². The maximum Gasteiger partial charge on any atom is 0.142 e. The van der Waals surface area contributed by atoms with Crippen LogP contribution in [0.4, 0.5) is 4.39 Å². The van der Waals surface area contributed by atoms with E-state index in [0.29, 0.717) is 11.3 Å². The third-order valence-corrected chi connectivity index (χ3v) is 3.16. The van der Waals surface area contributed by atoms with Gasteiger partial charge in [-0.25, -0.2) is 4.39 Å². The van der Waals surface area contributed by atoms with Crippen LogP contribution in [-0.2, 0) is 0 Å². The van der Waals surface area contributed by atoms with Crippen LogP contribution < -0.4 is 10.1 Å². The van der Waals surface area contributed by atoms with Crippen LogP contribution in [0.25, 0.3) is 0 Å². The Balaban J connectivity index is 2.44. The second-order valence-electron chi connectivity index (χ2n) is 4.53. The molecule has 0 aliphatic heterocycles. The van der Waals surface area contributed by atoms with Crippen molar-refractivity contribution in [3.05, 3.63) is 59.7 Å². The number of nitrogens with one attached hydrogen (secondary N) is 1. The SMILES string of the molecule is CCCNC(c1ccccc1F)c1ccncc1OC. The Morgan fingerprint density at radius 3 is 2.75 bits per heavy atom. The van der Waals surface area contributed by atoms with Gasteiger partial charge in [0.15, 0.2) is 0 Å². The number of hydrogen-bond acceptors (Lipinski definition) is 3. The quantitative estimate of drug-likeness (QED) is 0.877. The molecule has 0 aliphatic carbocycles. The van der Waals surface area contributed by atoms with Gasteiger partial charge in [-0.05, 0) is 25.1 Å². The van der Waals surface area contributed by atoms with Gasteiger partial charge in [-0.2, -0.15) is 0 Å². The lowest BCUT2D eigenvalue weighted by Gasteiger charge is -2.21. The first-order valence-corrected chi connectivity index (χ1v) is 6.73. The summed E-state index contributed by atoms with van der Waals surface area (Å²) in [5.41, 5.74) is 1.51. The number of methoxy groups -OCH3 is 1. The molecule has 3 nitrogen and oxygen atoms in total. The van der Waals surface area contributed by atoms with Gasteiger partial charge < -0.3 is 10.1 Å². The molecule has 1 atom stereocenters. The zero-order valence-electron chi connectivity index (χ0n) is 11.8. The Labute approximate surface area is 118 Å². The minimum absolute atomic E-state index is 0.222. The van der Waals surface area contributed by atoms with Gasteiger partial charge in [0.2, 0.25) is 0 Å². The fraction of sp³-hybridized carbons (Fsp3) is 0.312. The highest BCUT2D eigenvalue weighted by molar-refractivity contribution is 5.40. The van der Waals surface area contributed by atoms with E-state index in [1.54, 1.807) is 31.6 Å². The Kier molecular flexibility index (Phi) is 5.07. The third-order valence-electron chi connectivity index (χ3n) is 3.16. The number of pyridine rings is 1. The average molecular weight is 274 g/mol. The molecule has 1 heterocycles. The Morgan fingerprint density at radius 2 is 2.05 bits per heavy atom. The summed E-state index contributed by atoms with van der Waals surface area (Å²) in [7, 11) is 1.60. The smallest absolute Gasteiger partial charge is 0.142 e. The highest BCUT2D eigenvalue weighted by atomic mass is 19.1. The van der Waals surface area contributed by atoms with E-state index in [9.17, 15) is 4.39 Å². The zero-order chi connectivity index (χ0) is 14.4. The number of rotatable bonds is 6. The van der Waals surface area contributed by atoms with Gasteiger partial charge in [-0.1, -0.05) is 25.1 Å². The molecule has 2 aromatic rings. The number of halogens is 1. The molecule has 0 radical (unpaired) electrons. The summed E-state index contributed by atoms with van der Waals surface area (Å²) < 4.78 is 19.4. The van der Waals surface area contributed by atoms with Crippen molar-refractivity contribution in [3.8, 4) is 5.75 Å². The predicted octanol–water partition coefficient (Wildman–Crippen LogP) is 3.32. The molecule has 0 aliphatic rings. The fourth-order valence-corrected chi connectivity index (χ4v) is 2.19. The first-order chi connectivity index (χ1) is 9.77. The first kappa shape index (κ1) is 14.5. The standard InChI is InChI=1S/C16H19FN2O/c1-3-9-19-16(12-6-4-5-7-14(12)17)13-8-10-18-11-15(13)20-2/h4-8,10-11,16,19H,3,9H2,1-2H3. The molecular formula is C16H19FN2O. The van der Waals surface area contributed by atoms with Crippen LogP contribution >= 0.6 is 0 Å². The molecule has 0 spiro atoms. The molecule has 0 fully saturated rings. The van der Waals surface area contributed by atoms with Crippen LogP contribution in [0.5, 0.6) is 5.75 Å². The van der Waals surface area contributed by atoms with E-state index in [4.69, 9.17) is 4.74 Å². The first-order valence-electron chi connectivity index (χ1n) is 6.73. The van der Waals surface area contributed by atoms with Crippen molar-refractivity contribution in [3.63, 3.8) is 0 Å². The van der Waals surface area contributed by atoms with E-state index in [1.807, 2.05) is 12.1 Å². The highest BCUT2D eigenvalue weighted by Gasteiger charge is 2.20. The van der Waals surface area contributed by atoms with Crippen LogP contribution in [0.3, 0.4) is 0 Å². The van der Waals surface area contributed by atoms with Crippen LogP contribution in [-0.4, -0.2) is 18.6 Å². The average Bonchev–Trinajstić information content (AvgIpc) is 2.49. The van der Waals surface area contributed by atoms with Gasteiger partial charge in [0.25, 0.3) is 0 Å². The molecule has 4 heteroatoms. The minimum atomic E-state index is -0.242. The molecule has 1 aromatic carbocycles. The van der Waals surface area contributed by atoms with Gasteiger partial charge in [0, 0.05) is 17.3 Å². The number of hydrogen-bond donors (Lipinski definition) is 1. The predicted molar refractivity (Wildman–Crippen MR) is 77.3 cm³/mol. The Bertz CT molecular complexity index is 560. The van der Waals surface area contributed by atoms with Crippen molar-refractivity contribution in [2.75, 3.05) is 13.7 Å². The van der Waals surface area contributed by atoms with Crippen molar-refractivity contribution in [1.29, 1.82) is 0 Å². The van der Waals surface area contributed by atoms with E-state index in [1.165, 1.54) is 6.07 Å². The molecule has 1 unspecified atom stereocenters. The molecule has 0 amide bonds. The topological polar surface area (TPSA) is 34.2 Å². The third kappa shape index (κ3) is 3.14. The number of nitrogens with zero attached hydrogens (tertiary/aromatic N) is 1. The maximum atomic E-state index is 14.1. The summed E-state index contributed by atoms with van der Waals surface area (Å²) in [4.78, 5) is 4.05. The van der Waals surface area contributed by atoms with Gasteiger partial charge in [-0.15, -0.1) is 0 Å². The summed E-state index contributed by atoms with van der Waals surface area (Å²) in [6.45, 7) is 2.87. The van der Waals surface area contributed by atoms with Crippen molar-refractivity contribution in [2.24, 2.45) is 0 Å². The molecule has 1 aromatic heterocycles. The van der Waals surface area contributed by atoms with Gasteiger partial charge in [0.05, 0.1) is 19.3 Å². The van der Waals surface area contributed by atoms with E-state index in [-0.39, 0.29) is 11.9 Å². The normalized spacial score (nSPS) is 12.2. The fourth-order valence-electron chi connectivity index (χ4n) is 2.19. The lowest BCUT2D eigenvalue weighted by molar-refractivity contribution is 0.400. The molecule has 2 rings (SSSR count). The van der Waals surface area contributed by atoms with Crippen LogP contribution in [0, 0.1) is 5.82 Å². The second-order valence-corrected chi connectivity index (χ2v) is 4.53. The Morgan fingerprint density at radius 1 is 1.25 bits per heavy atom. The monoisotopic (exact) mass is 274 g/mol. The summed E-state index contributed by atoms with van der Waals surface area (Å²) in [5.74, 6) is 0.435. The molecule has 20 heavy (non-hydrogen) atoms. The summed E-state index contributed by atoms with van der Waals surface area (Å²) in [6.07, 6.45) is 4.31. The minimum Gasteiger partial charge on any atom is -0.495 e. The number of aromatic nitrogens is 1. The largest absolute Gasteiger partial charge is 0.495 e. The van der Waals surface area contributed by atoms with Crippen molar-refractivity contribution in [2.45, 2.75) is 19.4 Å². The van der Waals surface area contributed by atoms with Gasteiger partial charge >= 0.3 is 0 Å². The molecule has 0 saturated carbocycles.